The highest BCUT2D eigenvalue weighted by Gasteiger charge is 2.17. The smallest absolute Gasteiger partial charge is 0.408 e. The van der Waals surface area contributed by atoms with Gasteiger partial charge in [-0.3, -0.25) is 9.52 Å². The van der Waals surface area contributed by atoms with Gasteiger partial charge in [-0.15, -0.1) is 0 Å². The average Bonchev–Trinajstić information content (AvgIpc) is 2.62. The summed E-state index contributed by atoms with van der Waals surface area (Å²) in [4.78, 5) is 24.0. The van der Waals surface area contributed by atoms with Gasteiger partial charge in [0.05, 0.1) is 11.9 Å². The second kappa shape index (κ2) is 9.18. The van der Waals surface area contributed by atoms with E-state index in [9.17, 15) is 22.4 Å². The van der Waals surface area contributed by atoms with E-state index in [0.717, 1.165) is 24.0 Å². The molecule has 0 saturated carbocycles. The summed E-state index contributed by atoms with van der Waals surface area (Å²) < 4.78 is 43.2. The molecule has 0 spiro atoms. The van der Waals surface area contributed by atoms with Gasteiger partial charge in [0.15, 0.2) is 0 Å². The van der Waals surface area contributed by atoms with Gasteiger partial charge < -0.3 is 15.4 Å². The minimum absolute atomic E-state index is 0.0551. The fourth-order valence-electron chi connectivity index (χ4n) is 2.14. The maximum atomic E-state index is 13.7. The van der Waals surface area contributed by atoms with E-state index < -0.39 is 33.9 Å². The molecule has 0 saturated heterocycles. The summed E-state index contributed by atoms with van der Waals surface area (Å²) in [6.45, 7) is 1.50. The van der Waals surface area contributed by atoms with Gasteiger partial charge in [-0.25, -0.2) is 17.6 Å². The number of ether oxygens (including phenoxy) is 1. The van der Waals surface area contributed by atoms with Crippen LogP contribution < -0.4 is 15.4 Å². The largest absolute Gasteiger partial charge is 0.445 e. The molecule has 2 aromatic rings. The predicted octanol–water partition coefficient (Wildman–Crippen LogP) is 2.45. The summed E-state index contributed by atoms with van der Waals surface area (Å²) >= 11 is 0. The van der Waals surface area contributed by atoms with Crippen LogP contribution in [0.3, 0.4) is 0 Å². The zero-order valence-electron chi connectivity index (χ0n) is 15.2. The van der Waals surface area contributed by atoms with Crippen molar-refractivity contribution >= 4 is 33.4 Å². The highest BCUT2D eigenvalue weighted by Crippen LogP contribution is 2.20. The Balaban J connectivity index is 1.91. The highest BCUT2D eigenvalue weighted by molar-refractivity contribution is 7.92. The van der Waals surface area contributed by atoms with Gasteiger partial charge in [0.1, 0.15) is 18.5 Å². The van der Waals surface area contributed by atoms with Gasteiger partial charge >= 0.3 is 6.09 Å². The van der Waals surface area contributed by atoms with E-state index in [-0.39, 0.29) is 18.0 Å². The van der Waals surface area contributed by atoms with Crippen molar-refractivity contribution in [3.8, 4) is 0 Å². The number of sulfonamides is 1. The molecule has 0 fully saturated rings. The van der Waals surface area contributed by atoms with Crippen LogP contribution in [0.4, 0.5) is 20.6 Å². The second-order valence-electron chi connectivity index (χ2n) is 5.99. The number of benzene rings is 2. The van der Waals surface area contributed by atoms with Crippen molar-refractivity contribution in [3.63, 3.8) is 0 Å². The van der Waals surface area contributed by atoms with Crippen molar-refractivity contribution in [1.82, 2.24) is 5.32 Å². The molecule has 0 unspecified atom stereocenters. The molecule has 0 radical (unpaired) electrons. The molecule has 0 aliphatic rings. The Bertz CT molecular complexity index is 951. The summed E-state index contributed by atoms with van der Waals surface area (Å²) in [6.07, 6.45) is 0.107. The van der Waals surface area contributed by atoms with Crippen molar-refractivity contribution < 1.29 is 27.1 Å². The molecule has 2 amide bonds. The molecule has 0 aromatic heterocycles. The first-order valence-electron chi connectivity index (χ1n) is 8.19. The number of anilines is 2. The Hall–Kier alpha value is -3.14. The van der Waals surface area contributed by atoms with Crippen LogP contribution in [0, 0.1) is 5.82 Å². The summed E-state index contributed by atoms with van der Waals surface area (Å²) in [5.41, 5.74) is 0.652. The van der Waals surface area contributed by atoms with Crippen molar-refractivity contribution in [1.29, 1.82) is 0 Å². The molecule has 0 heterocycles. The standard InChI is InChI=1S/C18H20FN3O5S/c1-12(20-18(24)27-11-13-6-4-3-5-7-13)17(23)21-14-8-9-15(19)16(10-14)22-28(2,25)26/h3-10,12,22H,11H2,1-2H3,(H,20,24)(H,21,23)/t12-/m0/s1. The van der Waals surface area contributed by atoms with E-state index in [1.165, 1.54) is 13.0 Å². The zero-order chi connectivity index (χ0) is 20.7. The number of carbonyl (C=O) groups excluding carboxylic acids is 2. The fraction of sp³-hybridized carbons (Fsp3) is 0.222. The van der Waals surface area contributed by atoms with E-state index in [4.69, 9.17) is 4.74 Å². The van der Waals surface area contributed by atoms with Crippen molar-refractivity contribution in [3.05, 3.63) is 59.9 Å². The van der Waals surface area contributed by atoms with Gasteiger partial charge in [0, 0.05) is 5.69 Å². The van der Waals surface area contributed by atoms with Crippen LogP contribution in [0.1, 0.15) is 12.5 Å². The quantitative estimate of drug-likeness (QED) is 0.650. The lowest BCUT2D eigenvalue weighted by molar-refractivity contribution is -0.117. The number of amides is 2. The normalized spacial score (nSPS) is 12.0. The molecule has 0 aliphatic carbocycles. The Morgan fingerprint density at radius 3 is 2.46 bits per heavy atom. The number of rotatable bonds is 7. The predicted molar refractivity (Wildman–Crippen MR) is 103 cm³/mol. The van der Waals surface area contributed by atoms with Crippen LogP contribution in [-0.4, -0.2) is 32.7 Å². The Kier molecular flexibility index (Phi) is 6.94. The van der Waals surface area contributed by atoms with Gasteiger partial charge in [-0.1, -0.05) is 30.3 Å². The number of hydrogen-bond acceptors (Lipinski definition) is 5. The molecule has 0 aliphatic heterocycles. The maximum absolute atomic E-state index is 13.7. The minimum atomic E-state index is -3.68. The third-order valence-corrected chi connectivity index (χ3v) is 4.06. The molecule has 2 rings (SSSR count). The average molecular weight is 409 g/mol. The van der Waals surface area contributed by atoms with Crippen LogP contribution in [0.15, 0.2) is 48.5 Å². The minimum Gasteiger partial charge on any atom is -0.445 e. The van der Waals surface area contributed by atoms with Gasteiger partial charge in [0.2, 0.25) is 15.9 Å². The lowest BCUT2D eigenvalue weighted by Crippen LogP contribution is -2.41. The molecule has 3 N–H and O–H groups in total. The van der Waals surface area contributed by atoms with Gasteiger partial charge in [0.25, 0.3) is 0 Å². The monoisotopic (exact) mass is 409 g/mol. The van der Waals surface area contributed by atoms with E-state index in [0.29, 0.717) is 0 Å². The number of hydrogen-bond donors (Lipinski definition) is 3. The van der Waals surface area contributed by atoms with Crippen molar-refractivity contribution in [2.24, 2.45) is 0 Å². The van der Waals surface area contributed by atoms with Crippen molar-refractivity contribution in [2.45, 2.75) is 19.6 Å². The topological polar surface area (TPSA) is 114 Å². The summed E-state index contributed by atoms with van der Waals surface area (Å²) in [6, 6.07) is 11.5. The fourth-order valence-corrected chi connectivity index (χ4v) is 2.69. The van der Waals surface area contributed by atoms with Crippen LogP contribution in [0.5, 0.6) is 0 Å². The lowest BCUT2D eigenvalue weighted by atomic mass is 10.2. The highest BCUT2D eigenvalue weighted by atomic mass is 32.2. The molecular formula is C18H20FN3O5S. The summed E-state index contributed by atoms with van der Waals surface area (Å²) in [7, 11) is -3.68. The van der Waals surface area contributed by atoms with Crippen LogP contribution >= 0.6 is 0 Å². The SMILES string of the molecule is C[C@H](NC(=O)OCc1ccccc1)C(=O)Nc1ccc(F)c(NS(C)(=O)=O)c1. The summed E-state index contributed by atoms with van der Waals surface area (Å²) in [5, 5.41) is 4.84. The molecule has 150 valence electrons. The number of carbonyl (C=O) groups is 2. The van der Waals surface area contributed by atoms with Gasteiger partial charge in [-0.05, 0) is 30.7 Å². The van der Waals surface area contributed by atoms with Crippen LogP contribution in [0.25, 0.3) is 0 Å². The number of nitrogens with one attached hydrogen (secondary N) is 3. The Morgan fingerprint density at radius 1 is 1.14 bits per heavy atom. The van der Waals surface area contributed by atoms with Crippen molar-refractivity contribution in [2.75, 3.05) is 16.3 Å². The number of halogens is 1. The molecule has 10 heteroatoms. The molecule has 1 atom stereocenters. The first-order chi connectivity index (χ1) is 13.1. The summed E-state index contributed by atoms with van der Waals surface area (Å²) in [5.74, 6) is -1.38. The molecule has 2 aromatic carbocycles. The third kappa shape index (κ3) is 6.88. The molecular weight excluding hydrogens is 389 g/mol. The first-order valence-corrected chi connectivity index (χ1v) is 10.1. The van der Waals surface area contributed by atoms with Crippen LogP contribution in [-0.2, 0) is 26.2 Å². The number of alkyl carbamates (subject to hydrolysis) is 1. The Labute approximate surface area is 162 Å². The van der Waals surface area contributed by atoms with E-state index >= 15 is 0 Å². The first kappa shape index (κ1) is 21.2. The second-order valence-corrected chi connectivity index (χ2v) is 7.73. The molecule has 8 nitrogen and oxygen atoms in total. The van der Waals surface area contributed by atoms with Crippen LogP contribution in [0.2, 0.25) is 0 Å². The maximum Gasteiger partial charge on any atom is 0.408 e. The Morgan fingerprint density at radius 2 is 1.82 bits per heavy atom. The van der Waals surface area contributed by atoms with E-state index in [1.54, 1.807) is 12.1 Å². The zero-order valence-corrected chi connectivity index (χ0v) is 16.0. The van der Waals surface area contributed by atoms with Gasteiger partial charge in [-0.2, -0.15) is 0 Å². The third-order valence-electron chi connectivity index (χ3n) is 3.47. The van der Waals surface area contributed by atoms with E-state index in [1.807, 2.05) is 22.9 Å². The molecule has 0 bridgehead atoms. The van der Waals surface area contributed by atoms with E-state index in [2.05, 4.69) is 10.6 Å². The molecule has 28 heavy (non-hydrogen) atoms. The lowest BCUT2D eigenvalue weighted by Gasteiger charge is -2.15.